The standard InChI is InChI=1S/C23H25BrN2O3/c1-23(2,13-15-28-16-18-6-4-3-5-7-18)17-29-22(27)21-12-14-26(25-21)20-10-8-19(24)9-11-20/h3-12,14H,13,15-17H2,1-2H3. The molecule has 0 N–H and O–H groups in total. The van der Waals surface area contributed by atoms with Crippen molar-refractivity contribution in [2.24, 2.45) is 5.41 Å². The summed E-state index contributed by atoms with van der Waals surface area (Å²) >= 11 is 3.41. The quantitative estimate of drug-likeness (QED) is 0.318. The second-order valence-corrected chi connectivity index (χ2v) is 8.57. The van der Waals surface area contributed by atoms with Crippen LogP contribution in [0.25, 0.3) is 5.69 Å². The number of esters is 1. The topological polar surface area (TPSA) is 53.4 Å². The van der Waals surface area contributed by atoms with Crippen molar-refractivity contribution in [2.75, 3.05) is 13.2 Å². The van der Waals surface area contributed by atoms with Gasteiger partial charge in [-0.2, -0.15) is 5.10 Å². The normalized spacial score (nSPS) is 11.4. The number of hydrogen-bond donors (Lipinski definition) is 0. The summed E-state index contributed by atoms with van der Waals surface area (Å²) in [6.45, 7) is 5.63. The van der Waals surface area contributed by atoms with Crippen LogP contribution in [0.2, 0.25) is 0 Å². The highest BCUT2D eigenvalue weighted by atomic mass is 79.9. The highest BCUT2D eigenvalue weighted by Crippen LogP contribution is 2.22. The van der Waals surface area contributed by atoms with Gasteiger partial charge in [-0.1, -0.05) is 60.1 Å². The molecule has 3 rings (SSSR count). The molecule has 0 bridgehead atoms. The average molecular weight is 457 g/mol. The van der Waals surface area contributed by atoms with E-state index in [4.69, 9.17) is 9.47 Å². The third-order valence-electron chi connectivity index (χ3n) is 4.52. The molecule has 0 saturated heterocycles. The molecule has 0 radical (unpaired) electrons. The lowest BCUT2D eigenvalue weighted by Crippen LogP contribution is -2.24. The highest BCUT2D eigenvalue weighted by Gasteiger charge is 2.22. The second-order valence-electron chi connectivity index (χ2n) is 7.65. The summed E-state index contributed by atoms with van der Waals surface area (Å²) in [4.78, 5) is 12.4. The van der Waals surface area contributed by atoms with Crippen LogP contribution in [0.5, 0.6) is 0 Å². The van der Waals surface area contributed by atoms with E-state index in [0.717, 1.165) is 22.1 Å². The number of nitrogens with zero attached hydrogens (tertiary/aromatic N) is 2. The summed E-state index contributed by atoms with van der Waals surface area (Å²) in [5, 5.41) is 4.32. The Morgan fingerprint density at radius 3 is 2.52 bits per heavy atom. The molecule has 0 aliphatic rings. The smallest absolute Gasteiger partial charge is 0.358 e. The van der Waals surface area contributed by atoms with Gasteiger partial charge in [0.25, 0.3) is 0 Å². The molecule has 3 aromatic rings. The Labute approximate surface area is 179 Å². The Morgan fingerprint density at radius 2 is 1.79 bits per heavy atom. The van der Waals surface area contributed by atoms with Crippen LogP contribution < -0.4 is 0 Å². The highest BCUT2D eigenvalue weighted by molar-refractivity contribution is 9.10. The molecule has 152 valence electrons. The van der Waals surface area contributed by atoms with Crippen LogP contribution in [0.4, 0.5) is 0 Å². The third kappa shape index (κ3) is 6.54. The zero-order valence-corrected chi connectivity index (χ0v) is 18.3. The molecule has 0 unspecified atom stereocenters. The fraction of sp³-hybridized carbons (Fsp3) is 0.304. The molecule has 29 heavy (non-hydrogen) atoms. The maximum Gasteiger partial charge on any atom is 0.358 e. The zero-order chi connectivity index (χ0) is 20.7. The summed E-state index contributed by atoms with van der Waals surface area (Å²) in [6.07, 6.45) is 2.54. The molecule has 5 nitrogen and oxygen atoms in total. The first-order chi connectivity index (χ1) is 13.9. The van der Waals surface area contributed by atoms with Crippen LogP contribution in [-0.2, 0) is 16.1 Å². The molecule has 1 heterocycles. The molecule has 0 saturated carbocycles. The number of aromatic nitrogens is 2. The molecule has 0 aliphatic carbocycles. The SMILES string of the molecule is CC(C)(CCOCc1ccccc1)COC(=O)c1ccn(-c2ccc(Br)cc2)n1. The van der Waals surface area contributed by atoms with Crippen molar-refractivity contribution in [2.45, 2.75) is 26.9 Å². The van der Waals surface area contributed by atoms with Gasteiger partial charge >= 0.3 is 5.97 Å². The monoisotopic (exact) mass is 456 g/mol. The van der Waals surface area contributed by atoms with Crippen molar-refractivity contribution in [1.29, 1.82) is 0 Å². The van der Waals surface area contributed by atoms with Crippen molar-refractivity contribution in [3.63, 3.8) is 0 Å². The minimum absolute atomic E-state index is 0.180. The number of benzene rings is 2. The van der Waals surface area contributed by atoms with Crippen molar-refractivity contribution in [3.05, 3.63) is 82.6 Å². The lowest BCUT2D eigenvalue weighted by atomic mass is 9.91. The molecular weight excluding hydrogens is 432 g/mol. The van der Waals surface area contributed by atoms with E-state index in [1.165, 1.54) is 0 Å². The van der Waals surface area contributed by atoms with Gasteiger partial charge in [0.1, 0.15) is 0 Å². The minimum atomic E-state index is -0.417. The molecule has 0 aliphatic heterocycles. The molecule has 6 heteroatoms. The Kier molecular flexibility index (Phi) is 7.23. The van der Waals surface area contributed by atoms with E-state index in [1.807, 2.05) is 54.6 Å². The van der Waals surface area contributed by atoms with Gasteiger partial charge in [-0.25, -0.2) is 9.48 Å². The van der Waals surface area contributed by atoms with E-state index < -0.39 is 5.97 Å². The number of ether oxygens (including phenoxy) is 2. The molecule has 2 aromatic carbocycles. The van der Waals surface area contributed by atoms with E-state index >= 15 is 0 Å². The van der Waals surface area contributed by atoms with Gasteiger partial charge in [0.2, 0.25) is 0 Å². The summed E-state index contributed by atoms with van der Waals surface area (Å²) in [5.41, 5.74) is 2.14. The number of carbonyl (C=O) groups excluding carboxylic acids is 1. The molecule has 0 spiro atoms. The van der Waals surface area contributed by atoms with E-state index in [9.17, 15) is 4.79 Å². The molecule has 1 aromatic heterocycles. The van der Waals surface area contributed by atoms with Gasteiger partial charge in [-0.3, -0.25) is 0 Å². The lowest BCUT2D eigenvalue weighted by Gasteiger charge is -2.23. The number of rotatable bonds is 9. The number of hydrogen-bond acceptors (Lipinski definition) is 4. The first kappa shape index (κ1) is 21.3. The first-order valence-corrected chi connectivity index (χ1v) is 10.3. The predicted molar refractivity (Wildman–Crippen MR) is 116 cm³/mol. The summed E-state index contributed by atoms with van der Waals surface area (Å²) in [6, 6.07) is 19.4. The maximum atomic E-state index is 12.4. The summed E-state index contributed by atoms with van der Waals surface area (Å²) in [7, 11) is 0. The van der Waals surface area contributed by atoms with Gasteiger partial charge < -0.3 is 9.47 Å². The van der Waals surface area contributed by atoms with Gasteiger partial charge in [0.05, 0.1) is 18.9 Å². The summed E-state index contributed by atoms with van der Waals surface area (Å²) in [5.74, 6) is -0.417. The predicted octanol–water partition coefficient (Wildman–Crippen LogP) is 5.42. The van der Waals surface area contributed by atoms with Gasteiger partial charge in [0.15, 0.2) is 5.69 Å². The average Bonchev–Trinajstić information content (AvgIpc) is 3.21. The Morgan fingerprint density at radius 1 is 1.07 bits per heavy atom. The van der Waals surface area contributed by atoms with Crippen LogP contribution in [0.3, 0.4) is 0 Å². The van der Waals surface area contributed by atoms with Crippen molar-refractivity contribution in [1.82, 2.24) is 9.78 Å². The molecule has 0 atom stereocenters. The fourth-order valence-electron chi connectivity index (χ4n) is 2.69. The molecule has 0 amide bonds. The maximum absolute atomic E-state index is 12.4. The Hall–Kier alpha value is -2.44. The van der Waals surface area contributed by atoms with Crippen LogP contribution in [0, 0.1) is 5.41 Å². The first-order valence-electron chi connectivity index (χ1n) is 9.53. The largest absolute Gasteiger partial charge is 0.460 e. The lowest BCUT2D eigenvalue weighted by molar-refractivity contribution is 0.0225. The van der Waals surface area contributed by atoms with Gasteiger partial charge in [-0.15, -0.1) is 0 Å². The van der Waals surface area contributed by atoms with Crippen LogP contribution in [0.1, 0.15) is 36.3 Å². The third-order valence-corrected chi connectivity index (χ3v) is 5.05. The number of carbonyl (C=O) groups is 1. The van der Waals surface area contributed by atoms with E-state index in [2.05, 4.69) is 34.9 Å². The second kappa shape index (κ2) is 9.85. The van der Waals surface area contributed by atoms with Crippen LogP contribution in [-0.4, -0.2) is 29.0 Å². The van der Waals surface area contributed by atoms with Gasteiger partial charge in [-0.05, 0) is 42.3 Å². The molecule has 0 fully saturated rings. The Bertz CT molecular complexity index is 921. The number of halogens is 1. The zero-order valence-electron chi connectivity index (χ0n) is 16.7. The van der Waals surface area contributed by atoms with Crippen LogP contribution in [0.15, 0.2) is 71.3 Å². The summed E-state index contributed by atoms with van der Waals surface area (Å²) < 4.78 is 13.9. The van der Waals surface area contributed by atoms with Gasteiger partial charge in [0, 0.05) is 22.7 Å². The van der Waals surface area contributed by atoms with Crippen molar-refractivity contribution < 1.29 is 14.3 Å². The van der Waals surface area contributed by atoms with E-state index in [-0.39, 0.29) is 5.41 Å². The minimum Gasteiger partial charge on any atom is -0.460 e. The van der Waals surface area contributed by atoms with Crippen molar-refractivity contribution >= 4 is 21.9 Å². The van der Waals surface area contributed by atoms with E-state index in [0.29, 0.717) is 25.5 Å². The van der Waals surface area contributed by atoms with E-state index in [1.54, 1.807) is 16.9 Å². The Balaban J connectivity index is 1.44. The molecular formula is C23H25BrN2O3. The fourth-order valence-corrected chi connectivity index (χ4v) is 2.95. The van der Waals surface area contributed by atoms with Crippen LogP contribution >= 0.6 is 15.9 Å². The van der Waals surface area contributed by atoms with Crippen molar-refractivity contribution in [3.8, 4) is 5.69 Å².